The molecule has 80 valence electrons. The van der Waals surface area contributed by atoms with E-state index in [0.29, 0.717) is 12.0 Å². The van der Waals surface area contributed by atoms with Gasteiger partial charge >= 0.3 is 0 Å². The van der Waals surface area contributed by atoms with Crippen LogP contribution in [0.15, 0.2) is 18.2 Å². The largest absolute Gasteiger partial charge is 0.378 e. The second-order valence-electron chi connectivity index (χ2n) is 3.51. The molecule has 0 saturated carbocycles. The lowest BCUT2D eigenvalue weighted by Crippen LogP contribution is -2.19. The van der Waals surface area contributed by atoms with E-state index in [1.54, 1.807) is 6.92 Å². The zero-order valence-corrected chi connectivity index (χ0v) is 9.40. The van der Waals surface area contributed by atoms with Gasteiger partial charge in [-0.2, -0.15) is 0 Å². The van der Waals surface area contributed by atoms with E-state index in [-0.39, 0.29) is 5.02 Å². The first-order valence-electron chi connectivity index (χ1n) is 4.65. The van der Waals surface area contributed by atoms with Crippen LogP contribution in [0.5, 0.6) is 0 Å². The van der Waals surface area contributed by atoms with Crippen LogP contribution in [0.2, 0.25) is 5.02 Å². The Morgan fingerprint density at radius 1 is 1.53 bits per heavy atom. The highest BCUT2D eigenvalue weighted by Crippen LogP contribution is 2.15. The van der Waals surface area contributed by atoms with Gasteiger partial charge in [-0.05, 0) is 31.5 Å². The summed E-state index contributed by atoms with van der Waals surface area (Å²) >= 11 is 5.59. The smallest absolute Gasteiger partial charge is 0.141 e. The maximum Gasteiger partial charge on any atom is 0.141 e. The third kappa shape index (κ3) is 3.54. The zero-order valence-electron chi connectivity index (χ0n) is 8.64. The molecular formula is C12H12ClFO. The van der Waals surface area contributed by atoms with E-state index < -0.39 is 11.4 Å². The van der Waals surface area contributed by atoms with Crippen LogP contribution < -0.4 is 0 Å². The predicted octanol–water partition coefficient (Wildman–Crippen LogP) is 2.99. The lowest BCUT2D eigenvalue weighted by Gasteiger charge is -2.11. The minimum Gasteiger partial charge on any atom is -0.378 e. The van der Waals surface area contributed by atoms with Crippen LogP contribution >= 0.6 is 11.6 Å². The number of benzene rings is 1. The van der Waals surface area contributed by atoms with E-state index in [2.05, 4.69) is 11.8 Å². The second kappa shape index (κ2) is 4.65. The molecule has 0 spiro atoms. The molecule has 0 aliphatic rings. The van der Waals surface area contributed by atoms with Crippen LogP contribution in [-0.2, 0) is 0 Å². The normalized spacial score (nSPS) is 13.9. The molecule has 1 aromatic rings. The van der Waals surface area contributed by atoms with Gasteiger partial charge in [-0.1, -0.05) is 30.4 Å². The average molecular weight is 227 g/mol. The van der Waals surface area contributed by atoms with Gasteiger partial charge in [0.05, 0.1) is 5.02 Å². The Hall–Kier alpha value is -1.04. The van der Waals surface area contributed by atoms with Crippen molar-refractivity contribution in [3.8, 4) is 11.8 Å². The summed E-state index contributed by atoms with van der Waals surface area (Å²) in [6, 6.07) is 4.22. The minimum absolute atomic E-state index is 0.0398. The third-order valence-electron chi connectivity index (χ3n) is 2.08. The second-order valence-corrected chi connectivity index (χ2v) is 3.91. The first-order valence-corrected chi connectivity index (χ1v) is 5.03. The summed E-state index contributed by atoms with van der Waals surface area (Å²) in [7, 11) is 0. The van der Waals surface area contributed by atoms with Crippen molar-refractivity contribution >= 4 is 11.6 Å². The zero-order chi connectivity index (χ0) is 11.5. The summed E-state index contributed by atoms with van der Waals surface area (Å²) in [5, 5.41) is 9.67. The highest BCUT2D eigenvalue weighted by molar-refractivity contribution is 6.30. The van der Waals surface area contributed by atoms with Crippen LogP contribution in [-0.4, -0.2) is 10.7 Å². The van der Waals surface area contributed by atoms with Gasteiger partial charge in [0.25, 0.3) is 0 Å². The van der Waals surface area contributed by atoms with Gasteiger partial charge in [-0.3, -0.25) is 0 Å². The van der Waals surface area contributed by atoms with Crippen molar-refractivity contribution in [1.82, 2.24) is 0 Å². The molecule has 15 heavy (non-hydrogen) atoms. The third-order valence-corrected chi connectivity index (χ3v) is 2.37. The average Bonchev–Trinajstić information content (AvgIpc) is 2.20. The van der Waals surface area contributed by atoms with Gasteiger partial charge in [-0.25, -0.2) is 4.39 Å². The topological polar surface area (TPSA) is 20.2 Å². The van der Waals surface area contributed by atoms with Crippen LogP contribution in [0.4, 0.5) is 4.39 Å². The van der Waals surface area contributed by atoms with Crippen molar-refractivity contribution in [3.63, 3.8) is 0 Å². The summed E-state index contributed by atoms with van der Waals surface area (Å²) in [4.78, 5) is 0. The van der Waals surface area contributed by atoms with Crippen molar-refractivity contribution in [2.45, 2.75) is 25.9 Å². The van der Waals surface area contributed by atoms with Crippen LogP contribution in [0.25, 0.3) is 0 Å². The monoisotopic (exact) mass is 226 g/mol. The number of halogens is 2. The fourth-order valence-corrected chi connectivity index (χ4v) is 1.05. The highest BCUT2D eigenvalue weighted by Gasteiger charge is 2.12. The molecule has 0 radical (unpaired) electrons. The molecule has 1 aromatic carbocycles. The van der Waals surface area contributed by atoms with E-state index in [9.17, 15) is 9.50 Å². The molecule has 1 unspecified atom stereocenters. The number of rotatable bonds is 1. The first-order chi connectivity index (χ1) is 6.94. The molecule has 0 amide bonds. The molecule has 1 nitrogen and oxygen atoms in total. The molecule has 1 atom stereocenters. The van der Waals surface area contributed by atoms with Gasteiger partial charge in [0, 0.05) is 5.56 Å². The Kier molecular flexibility index (Phi) is 3.73. The quantitative estimate of drug-likeness (QED) is 0.730. The van der Waals surface area contributed by atoms with Gasteiger partial charge in [0.1, 0.15) is 11.4 Å². The predicted molar refractivity (Wildman–Crippen MR) is 59.2 cm³/mol. The van der Waals surface area contributed by atoms with Gasteiger partial charge in [0.15, 0.2) is 0 Å². The molecule has 0 bridgehead atoms. The molecule has 1 N–H and O–H groups in total. The van der Waals surface area contributed by atoms with Crippen molar-refractivity contribution < 1.29 is 9.50 Å². The lowest BCUT2D eigenvalue weighted by molar-refractivity contribution is 0.118. The Morgan fingerprint density at radius 3 is 2.73 bits per heavy atom. The van der Waals surface area contributed by atoms with Crippen molar-refractivity contribution in [3.05, 3.63) is 34.6 Å². The van der Waals surface area contributed by atoms with E-state index in [1.165, 1.54) is 18.2 Å². The van der Waals surface area contributed by atoms with Crippen LogP contribution in [0, 0.1) is 17.7 Å². The molecule has 0 aliphatic carbocycles. The maximum atomic E-state index is 12.8. The van der Waals surface area contributed by atoms with Gasteiger partial charge < -0.3 is 5.11 Å². The van der Waals surface area contributed by atoms with Gasteiger partial charge in [0.2, 0.25) is 0 Å². The van der Waals surface area contributed by atoms with E-state index in [1.807, 2.05) is 6.92 Å². The molecule has 1 rings (SSSR count). The number of aliphatic hydroxyl groups is 1. The molecule has 0 aromatic heterocycles. The maximum absolute atomic E-state index is 12.8. The van der Waals surface area contributed by atoms with E-state index in [4.69, 9.17) is 11.6 Å². The molecule has 0 aliphatic heterocycles. The first kappa shape index (κ1) is 12.0. The summed E-state index contributed by atoms with van der Waals surface area (Å²) in [6.45, 7) is 3.47. The fraction of sp³-hybridized carbons (Fsp3) is 0.333. The summed E-state index contributed by atoms with van der Waals surface area (Å²) in [5.41, 5.74) is -0.420. The molecule has 3 heteroatoms. The Balaban J connectivity index is 2.95. The van der Waals surface area contributed by atoms with Crippen molar-refractivity contribution in [1.29, 1.82) is 0 Å². The van der Waals surface area contributed by atoms with Crippen molar-refractivity contribution in [2.24, 2.45) is 0 Å². The highest BCUT2D eigenvalue weighted by atomic mass is 35.5. The summed E-state index contributed by atoms with van der Waals surface area (Å²) in [5.74, 6) is 4.98. The van der Waals surface area contributed by atoms with E-state index >= 15 is 0 Å². The molecule has 0 heterocycles. The molecular weight excluding hydrogens is 215 g/mol. The summed E-state index contributed by atoms with van der Waals surface area (Å²) < 4.78 is 12.8. The molecule has 0 fully saturated rings. The lowest BCUT2D eigenvalue weighted by atomic mass is 10.0. The Labute approximate surface area is 93.9 Å². The SMILES string of the molecule is CCC(C)(O)C#Cc1ccc(F)c(Cl)c1. The number of hydrogen-bond donors (Lipinski definition) is 1. The standard InChI is InChI=1S/C12H12ClFO/c1-3-12(2,15)7-6-9-4-5-11(14)10(13)8-9/h4-5,8,15H,3H2,1-2H3. The van der Waals surface area contributed by atoms with E-state index in [0.717, 1.165) is 0 Å². The van der Waals surface area contributed by atoms with Crippen LogP contribution in [0.3, 0.4) is 0 Å². The van der Waals surface area contributed by atoms with Crippen LogP contribution in [0.1, 0.15) is 25.8 Å². The van der Waals surface area contributed by atoms with Gasteiger partial charge in [-0.15, -0.1) is 0 Å². The summed E-state index contributed by atoms with van der Waals surface area (Å²) in [6.07, 6.45) is 0.537. The number of hydrogen-bond acceptors (Lipinski definition) is 1. The Morgan fingerprint density at radius 2 is 2.20 bits per heavy atom. The Bertz CT molecular complexity index is 415. The van der Waals surface area contributed by atoms with Crippen molar-refractivity contribution in [2.75, 3.05) is 0 Å². The minimum atomic E-state index is -1.01. The molecule has 0 saturated heterocycles. The fourth-order valence-electron chi connectivity index (χ4n) is 0.869.